The molecule has 2 heterocycles. The fourth-order valence-electron chi connectivity index (χ4n) is 1.80. The molecule has 1 N–H and O–H groups in total. The zero-order valence-electron chi connectivity index (χ0n) is 8.74. The molecule has 0 radical (unpaired) electrons. The molecule has 0 bridgehead atoms. The van der Waals surface area contributed by atoms with Crippen molar-refractivity contribution >= 4 is 5.91 Å². The molecule has 1 aromatic rings. The van der Waals surface area contributed by atoms with Gasteiger partial charge in [0.1, 0.15) is 5.76 Å². The van der Waals surface area contributed by atoms with Crippen LogP contribution in [0, 0.1) is 0 Å². The molecule has 0 atom stereocenters. The van der Waals surface area contributed by atoms with Gasteiger partial charge < -0.3 is 9.73 Å². The molecular weight excluding hydrogens is 192 g/mol. The zero-order chi connectivity index (χ0) is 10.5. The highest BCUT2D eigenvalue weighted by atomic mass is 16.3. The minimum absolute atomic E-state index is 0.0771. The van der Waals surface area contributed by atoms with Crippen LogP contribution in [0.3, 0.4) is 0 Å². The Morgan fingerprint density at radius 2 is 2.27 bits per heavy atom. The Morgan fingerprint density at radius 3 is 2.93 bits per heavy atom. The number of nitrogens with one attached hydrogen (secondary N) is 1. The van der Waals surface area contributed by atoms with Crippen LogP contribution in [-0.4, -0.2) is 30.4 Å². The van der Waals surface area contributed by atoms with Gasteiger partial charge in [0.15, 0.2) is 0 Å². The summed E-state index contributed by atoms with van der Waals surface area (Å²) in [5.74, 6) is 0.873. The molecule has 0 unspecified atom stereocenters. The lowest BCUT2D eigenvalue weighted by atomic mass is 10.4. The van der Waals surface area contributed by atoms with E-state index in [1.54, 1.807) is 6.26 Å². The second kappa shape index (κ2) is 4.98. The number of carbonyl (C=O) groups excluding carboxylic acids is 1. The van der Waals surface area contributed by atoms with Crippen LogP contribution < -0.4 is 5.32 Å². The molecule has 1 aliphatic rings. The van der Waals surface area contributed by atoms with Crippen LogP contribution in [-0.2, 0) is 11.3 Å². The van der Waals surface area contributed by atoms with E-state index in [1.165, 1.54) is 12.8 Å². The Morgan fingerprint density at radius 1 is 1.47 bits per heavy atom. The van der Waals surface area contributed by atoms with E-state index >= 15 is 0 Å². The van der Waals surface area contributed by atoms with Crippen LogP contribution >= 0.6 is 0 Å². The van der Waals surface area contributed by atoms with Crippen molar-refractivity contribution in [2.45, 2.75) is 19.4 Å². The molecule has 4 nitrogen and oxygen atoms in total. The van der Waals surface area contributed by atoms with Gasteiger partial charge in [-0.3, -0.25) is 9.69 Å². The predicted molar refractivity (Wildman–Crippen MR) is 56.2 cm³/mol. The summed E-state index contributed by atoms with van der Waals surface area (Å²) in [5.41, 5.74) is 0. The summed E-state index contributed by atoms with van der Waals surface area (Å²) in [6.07, 6.45) is 4.04. The standard InChI is InChI=1S/C11H16N2O2/c14-11(9-13-5-1-2-6-13)12-8-10-4-3-7-15-10/h3-4,7H,1-2,5-6,8-9H2,(H,12,14). The number of furan rings is 1. The van der Waals surface area contributed by atoms with Crippen LogP contribution in [0.4, 0.5) is 0 Å². The molecule has 0 spiro atoms. The third-order valence-corrected chi connectivity index (χ3v) is 2.61. The number of nitrogens with zero attached hydrogens (tertiary/aromatic N) is 1. The first-order chi connectivity index (χ1) is 7.34. The van der Waals surface area contributed by atoms with Gasteiger partial charge in [0.05, 0.1) is 19.4 Å². The Bertz CT molecular complexity index is 302. The largest absolute Gasteiger partial charge is 0.467 e. The lowest BCUT2D eigenvalue weighted by Gasteiger charge is -2.13. The summed E-state index contributed by atoms with van der Waals surface area (Å²) in [7, 11) is 0. The Labute approximate surface area is 89.2 Å². The van der Waals surface area contributed by atoms with Gasteiger partial charge in [0, 0.05) is 0 Å². The maximum atomic E-state index is 11.5. The molecule has 0 aliphatic carbocycles. The van der Waals surface area contributed by atoms with Crippen molar-refractivity contribution in [2.24, 2.45) is 0 Å². The van der Waals surface area contributed by atoms with Crippen molar-refractivity contribution in [3.8, 4) is 0 Å². The molecular formula is C11H16N2O2. The highest BCUT2D eigenvalue weighted by Gasteiger charge is 2.14. The quantitative estimate of drug-likeness (QED) is 0.802. The summed E-state index contributed by atoms with van der Waals surface area (Å²) in [4.78, 5) is 13.7. The van der Waals surface area contributed by atoms with Gasteiger partial charge in [0.2, 0.25) is 5.91 Å². The number of hydrogen-bond acceptors (Lipinski definition) is 3. The number of carbonyl (C=O) groups is 1. The third-order valence-electron chi connectivity index (χ3n) is 2.61. The van der Waals surface area contributed by atoms with Gasteiger partial charge in [0.25, 0.3) is 0 Å². The molecule has 1 aliphatic heterocycles. The molecule has 15 heavy (non-hydrogen) atoms. The van der Waals surface area contributed by atoms with E-state index < -0.39 is 0 Å². The second-order valence-corrected chi connectivity index (χ2v) is 3.84. The lowest BCUT2D eigenvalue weighted by molar-refractivity contribution is -0.122. The SMILES string of the molecule is O=C(CN1CCCC1)NCc1ccco1. The number of amides is 1. The van der Waals surface area contributed by atoms with Crippen LogP contribution in [0.5, 0.6) is 0 Å². The number of hydrogen-bond donors (Lipinski definition) is 1. The van der Waals surface area contributed by atoms with E-state index in [1.807, 2.05) is 12.1 Å². The van der Waals surface area contributed by atoms with Crippen molar-refractivity contribution in [3.63, 3.8) is 0 Å². The first-order valence-corrected chi connectivity index (χ1v) is 5.36. The van der Waals surface area contributed by atoms with Crippen molar-refractivity contribution in [3.05, 3.63) is 24.2 Å². The summed E-state index contributed by atoms with van der Waals surface area (Å²) in [6, 6.07) is 3.68. The van der Waals surface area contributed by atoms with E-state index in [0.717, 1.165) is 18.8 Å². The van der Waals surface area contributed by atoms with Crippen molar-refractivity contribution < 1.29 is 9.21 Å². The maximum Gasteiger partial charge on any atom is 0.234 e. The molecule has 0 aromatic carbocycles. The highest BCUT2D eigenvalue weighted by Crippen LogP contribution is 2.06. The van der Waals surface area contributed by atoms with Crippen molar-refractivity contribution in [1.82, 2.24) is 10.2 Å². The Kier molecular flexibility index (Phi) is 3.40. The smallest absolute Gasteiger partial charge is 0.234 e. The summed E-state index contributed by atoms with van der Waals surface area (Å²) in [5, 5.41) is 2.84. The minimum Gasteiger partial charge on any atom is -0.467 e. The molecule has 0 saturated carbocycles. The van der Waals surface area contributed by atoms with Crippen LogP contribution in [0.1, 0.15) is 18.6 Å². The topological polar surface area (TPSA) is 45.5 Å². The van der Waals surface area contributed by atoms with Gasteiger partial charge in [-0.2, -0.15) is 0 Å². The van der Waals surface area contributed by atoms with E-state index in [0.29, 0.717) is 13.1 Å². The Hall–Kier alpha value is -1.29. The molecule has 82 valence electrons. The Balaban J connectivity index is 1.68. The van der Waals surface area contributed by atoms with Gasteiger partial charge in [-0.1, -0.05) is 0 Å². The minimum atomic E-state index is 0.0771. The first-order valence-electron chi connectivity index (χ1n) is 5.36. The fraction of sp³-hybridized carbons (Fsp3) is 0.545. The molecule has 1 aromatic heterocycles. The van der Waals surface area contributed by atoms with E-state index in [-0.39, 0.29) is 5.91 Å². The van der Waals surface area contributed by atoms with Crippen LogP contribution in [0.25, 0.3) is 0 Å². The van der Waals surface area contributed by atoms with Gasteiger partial charge in [-0.15, -0.1) is 0 Å². The van der Waals surface area contributed by atoms with E-state index in [9.17, 15) is 4.79 Å². The molecule has 2 rings (SSSR count). The third kappa shape index (κ3) is 3.09. The molecule has 1 saturated heterocycles. The van der Waals surface area contributed by atoms with Crippen LogP contribution in [0.2, 0.25) is 0 Å². The summed E-state index contributed by atoms with van der Waals surface area (Å²) >= 11 is 0. The van der Waals surface area contributed by atoms with Crippen molar-refractivity contribution in [2.75, 3.05) is 19.6 Å². The van der Waals surface area contributed by atoms with Crippen molar-refractivity contribution in [1.29, 1.82) is 0 Å². The summed E-state index contributed by atoms with van der Waals surface area (Å²) in [6.45, 7) is 3.10. The molecule has 4 heteroatoms. The average Bonchev–Trinajstić information content (AvgIpc) is 2.86. The number of likely N-dealkylation sites (tertiary alicyclic amines) is 1. The van der Waals surface area contributed by atoms with E-state index in [2.05, 4.69) is 10.2 Å². The van der Waals surface area contributed by atoms with Gasteiger partial charge >= 0.3 is 0 Å². The van der Waals surface area contributed by atoms with Gasteiger partial charge in [-0.05, 0) is 38.1 Å². The normalized spacial score (nSPS) is 16.8. The monoisotopic (exact) mass is 208 g/mol. The lowest BCUT2D eigenvalue weighted by Crippen LogP contribution is -2.35. The first kappa shape index (κ1) is 10.2. The second-order valence-electron chi connectivity index (χ2n) is 3.84. The van der Waals surface area contributed by atoms with Gasteiger partial charge in [-0.25, -0.2) is 0 Å². The maximum absolute atomic E-state index is 11.5. The van der Waals surface area contributed by atoms with E-state index in [4.69, 9.17) is 4.42 Å². The highest BCUT2D eigenvalue weighted by molar-refractivity contribution is 5.77. The molecule has 1 amide bonds. The zero-order valence-corrected chi connectivity index (χ0v) is 8.74. The summed E-state index contributed by atoms with van der Waals surface area (Å²) < 4.78 is 5.13. The fourth-order valence-corrected chi connectivity index (χ4v) is 1.80. The van der Waals surface area contributed by atoms with Crippen LogP contribution in [0.15, 0.2) is 22.8 Å². The predicted octanol–water partition coefficient (Wildman–Crippen LogP) is 0.992. The average molecular weight is 208 g/mol. The molecule has 1 fully saturated rings. The number of rotatable bonds is 4.